The van der Waals surface area contributed by atoms with Crippen LogP contribution in [-0.4, -0.2) is 35.0 Å². The predicted octanol–water partition coefficient (Wildman–Crippen LogP) is 1.99. The summed E-state index contributed by atoms with van der Waals surface area (Å²) in [5.41, 5.74) is 0.508. The van der Waals surface area contributed by atoms with E-state index in [1.54, 1.807) is 0 Å². The van der Waals surface area contributed by atoms with Crippen LogP contribution in [0.5, 0.6) is 5.88 Å². The summed E-state index contributed by atoms with van der Waals surface area (Å²) in [4.78, 5) is 7.20. The van der Waals surface area contributed by atoms with Crippen molar-refractivity contribution in [1.29, 1.82) is 0 Å². The minimum absolute atomic E-state index is 0.0634. The number of fused-ring (bicyclic) bond motifs is 1. The van der Waals surface area contributed by atoms with Crippen LogP contribution in [0.2, 0.25) is 0 Å². The molecule has 0 atom stereocenters. The van der Waals surface area contributed by atoms with E-state index < -0.39 is 24.3 Å². The molecule has 20 heavy (non-hydrogen) atoms. The van der Waals surface area contributed by atoms with E-state index in [2.05, 4.69) is 20.0 Å². The number of hydrogen-bond donors (Lipinski definition) is 1. The van der Waals surface area contributed by atoms with Gasteiger partial charge in [-0.05, 0) is 0 Å². The van der Waals surface area contributed by atoms with E-state index in [1.807, 2.05) is 0 Å². The fourth-order valence-corrected chi connectivity index (χ4v) is 1.78. The summed E-state index contributed by atoms with van der Waals surface area (Å²) in [5, 5.41) is 2.81. The van der Waals surface area contributed by atoms with Gasteiger partial charge in [-0.3, -0.25) is 0 Å². The average Bonchev–Trinajstić information content (AvgIpc) is 2.33. The van der Waals surface area contributed by atoms with Gasteiger partial charge in [-0.2, -0.15) is 26.3 Å². The van der Waals surface area contributed by atoms with Crippen molar-refractivity contribution in [2.45, 2.75) is 31.4 Å². The Morgan fingerprint density at radius 2 is 1.75 bits per heavy atom. The van der Waals surface area contributed by atoms with Crippen molar-refractivity contribution in [3.63, 3.8) is 0 Å². The maximum Gasteiger partial charge on any atom is 0.434 e. The Bertz CT molecular complexity index is 473. The van der Waals surface area contributed by atoms with Gasteiger partial charge in [0.1, 0.15) is 6.33 Å². The monoisotopic (exact) mass is 301 g/mol. The Labute approximate surface area is 109 Å². The molecule has 0 spiro atoms. The minimum atomic E-state index is -5.57. The Kier molecular flexibility index (Phi) is 3.76. The Hall–Kier alpha value is -1.58. The van der Waals surface area contributed by atoms with Crippen molar-refractivity contribution < 1.29 is 31.1 Å². The van der Waals surface area contributed by atoms with Crippen molar-refractivity contribution in [2.24, 2.45) is 0 Å². The number of nitrogens with zero attached hydrogens (tertiary/aromatic N) is 2. The first kappa shape index (κ1) is 14.8. The lowest BCUT2D eigenvalue weighted by molar-refractivity contribution is -0.300. The summed E-state index contributed by atoms with van der Waals surface area (Å²) >= 11 is 0. The molecule has 1 aliphatic heterocycles. The van der Waals surface area contributed by atoms with E-state index in [1.165, 1.54) is 0 Å². The second-order valence-electron chi connectivity index (χ2n) is 4.11. The topological polar surface area (TPSA) is 47.0 Å². The molecular formula is C10H9F6N3O. The molecule has 0 amide bonds. The summed E-state index contributed by atoms with van der Waals surface area (Å²) < 4.78 is 78.7. The first-order valence-electron chi connectivity index (χ1n) is 5.53. The molecule has 2 heterocycles. The third-order valence-corrected chi connectivity index (χ3v) is 2.66. The Balaban J connectivity index is 2.32. The Morgan fingerprint density at radius 3 is 2.35 bits per heavy atom. The van der Waals surface area contributed by atoms with Crippen LogP contribution in [-0.2, 0) is 13.0 Å². The fourth-order valence-electron chi connectivity index (χ4n) is 1.78. The first-order valence-corrected chi connectivity index (χ1v) is 5.53. The highest BCUT2D eigenvalue weighted by atomic mass is 19.4. The van der Waals surface area contributed by atoms with Crippen LogP contribution in [0.4, 0.5) is 26.3 Å². The molecule has 0 saturated carbocycles. The van der Waals surface area contributed by atoms with Crippen LogP contribution in [0.3, 0.4) is 0 Å². The largest absolute Gasteiger partial charge is 0.454 e. The molecule has 1 N–H and O–H groups in total. The molecule has 0 saturated heterocycles. The summed E-state index contributed by atoms with van der Waals surface area (Å²) in [5.74, 6) is -0.693. The maximum atomic E-state index is 12.4. The third-order valence-electron chi connectivity index (χ3n) is 2.66. The SMILES string of the molecule is FC(F)(F)C(Oc1ncnc2c1CNCC2)C(F)(F)F. The highest BCUT2D eigenvalue weighted by Crippen LogP contribution is 2.37. The Morgan fingerprint density at radius 1 is 1.10 bits per heavy atom. The fraction of sp³-hybridized carbons (Fsp3) is 0.600. The molecule has 0 aromatic carbocycles. The second kappa shape index (κ2) is 5.08. The van der Waals surface area contributed by atoms with Gasteiger partial charge in [-0.1, -0.05) is 0 Å². The number of aromatic nitrogens is 2. The lowest BCUT2D eigenvalue weighted by atomic mass is 10.1. The van der Waals surface area contributed by atoms with Crippen LogP contribution < -0.4 is 10.1 Å². The molecule has 2 rings (SSSR count). The van der Waals surface area contributed by atoms with E-state index in [0.29, 0.717) is 18.7 Å². The van der Waals surface area contributed by atoms with Gasteiger partial charge in [0.25, 0.3) is 6.10 Å². The number of halogens is 6. The molecule has 4 nitrogen and oxygen atoms in total. The summed E-state index contributed by atoms with van der Waals surface area (Å²) in [7, 11) is 0. The van der Waals surface area contributed by atoms with Crippen molar-refractivity contribution in [3.05, 3.63) is 17.6 Å². The molecule has 1 aliphatic rings. The lowest BCUT2D eigenvalue weighted by Crippen LogP contribution is -2.47. The minimum Gasteiger partial charge on any atom is -0.454 e. The first-order chi connectivity index (χ1) is 9.19. The molecule has 1 aromatic heterocycles. The molecule has 0 unspecified atom stereocenters. The van der Waals surface area contributed by atoms with Gasteiger partial charge in [-0.25, -0.2) is 9.97 Å². The van der Waals surface area contributed by atoms with Crippen LogP contribution in [0, 0.1) is 0 Å². The van der Waals surface area contributed by atoms with Crippen LogP contribution in [0.15, 0.2) is 6.33 Å². The number of alkyl halides is 6. The molecule has 0 aliphatic carbocycles. The molecule has 0 radical (unpaired) electrons. The van der Waals surface area contributed by atoms with Gasteiger partial charge in [0.05, 0.1) is 5.69 Å². The van der Waals surface area contributed by atoms with E-state index in [4.69, 9.17) is 0 Å². The molecule has 1 aromatic rings. The highest BCUT2D eigenvalue weighted by molar-refractivity contribution is 5.31. The molecule has 112 valence electrons. The van der Waals surface area contributed by atoms with Crippen molar-refractivity contribution >= 4 is 0 Å². The van der Waals surface area contributed by atoms with E-state index in [0.717, 1.165) is 6.33 Å². The normalized spacial score (nSPS) is 16.1. The van der Waals surface area contributed by atoms with E-state index >= 15 is 0 Å². The van der Waals surface area contributed by atoms with Gasteiger partial charge in [0, 0.05) is 25.1 Å². The quantitative estimate of drug-likeness (QED) is 0.849. The van der Waals surface area contributed by atoms with E-state index in [9.17, 15) is 26.3 Å². The van der Waals surface area contributed by atoms with Gasteiger partial charge in [-0.15, -0.1) is 0 Å². The summed E-state index contributed by atoms with van der Waals surface area (Å²) in [6.07, 6.45) is -13.8. The maximum absolute atomic E-state index is 12.4. The van der Waals surface area contributed by atoms with Gasteiger partial charge in [0.2, 0.25) is 5.88 Å². The molecule has 0 bridgehead atoms. The molecule has 0 fully saturated rings. The van der Waals surface area contributed by atoms with E-state index in [-0.39, 0.29) is 12.1 Å². The van der Waals surface area contributed by atoms with Gasteiger partial charge >= 0.3 is 12.4 Å². The van der Waals surface area contributed by atoms with Crippen molar-refractivity contribution in [2.75, 3.05) is 6.54 Å². The number of ether oxygens (including phenoxy) is 1. The van der Waals surface area contributed by atoms with Crippen molar-refractivity contribution in [3.8, 4) is 5.88 Å². The zero-order valence-corrected chi connectivity index (χ0v) is 9.85. The summed E-state index contributed by atoms with van der Waals surface area (Å²) in [6.45, 7) is 0.597. The average molecular weight is 301 g/mol. The van der Waals surface area contributed by atoms with Crippen LogP contribution >= 0.6 is 0 Å². The standard InChI is InChI=1S/C10H9F6N3O/c11-9(12,13)8(10(14,15)16)20-7-5-3-17-2-1-6(5)18-4-19-7/h4,8,17H,1-3H2. The number of rotatable bonds is 2. The number of nitrogens with one attached hydrogen (secondary N) is 1. The zero-order chi connectivity index (χ0) is 15.0. The van der Waals surface area contributed by atoms with Gasteiger partial charge in [0.15, 0.2) is 0 Å². The van der Waals surface area contributed by atoms with Gasteiger partial charge < -0.3 is 10.1 Å². The summed E-state index contributed by atoms with van der Waals surface area (Å²) in [6, 6.07) is 0. The smallest absolute Gasteiger partial charge is 0.434 e. The second-order valence-corrected chi connectivity index (χ2v) is 4.11. The number of hydrogen-bond acceptors (Lipinski definition) is 4. The molecular weight excluding hydrogens is 292 g/mol. The van der Waals surface area contributed by atoms with Crippen molar-refractivity contribution in [1.82, 2.24) is 15.3 Å². The zero-order valence-electron chi connectivity index (χ0n) is 9.85. The van der Waals surface area contributed by atoms with Crippen LogP contribution in [0.25, 0.3) is 0 Å². The third kappa shape index (κ3) is 3.11. The molecule has 10 heteroatoms. The van der Waals surface area contributed by atoms with Crippen LogP contribution in [0.1, 0.15) is 11.3 Å². The highest BCUT2D eigenvalue weighted by Gasteiger charge is 2.59. The lowest BCUT2D eigenvalue weighted by Gasteiger charge is -2.25. The predicted molar refractivity (Wildman–Crippen MR) is 54.0 cm³/mol.